The van der Waals surface area contributed by atoms with Gasteiger partial charge in [0, 0.05) is 37.8 Å². The average Bonchev–Trinajstić information content (AvgIpc) is 2.53. The summed E-state index contributed by atoms with van der Waals surface area (Å²) in [6.07, 6.45) is 3.50. The summed E-state index contributed by atoms with van der Waals surface area (Å²) >= 11 is 0. The van der Waals surface area contributed by atoms with Gasteiger partial charge in [-0.3, -0.25) is 4.79 Å². The maximum atomic E-state index is 12.4. The Balaban J connectivity index is 1.95. The monoisotopic (exact) mass is 300 g/mol. The number of amides is 1. The van der Waals surface area contributed by atoms with Gasteiger partial charge in [0.2, 0.25) is 5.91 Å². The molecular formula is C17H24N4O. The van der Waals surface area contributed by atoms with Crippen LogP contribution in [0.4, 0.5) is 5.82 Å². The maximum absolute atomic E-state index is 12.4. The highest BCUT2D eigenvalue weighted by Gasteiger charge is 2.31. The fourth-order valence-corrected chi connectivity index (χ4v) is 2.82. The lowest BCUT2D eigenvalue weighted by Gasteiger charge is -2.39. The average molecular weight is 300 g/mol. The van der Waals surface area contributed by atoms with Crippen molar-refractivity contribution < 1.29 is 4.79 Å². The second-order valence-corrected chi connectivity index (χ2v) is 6.90. The zero-order chi connectivity index (χ0) is 16.3. The van der Waals surface area contributed by atoms with Crippen molar-refractivity contribution in [2.24, 2.45) is 5.41 Å². The number of piperidine rings is 1. The molecule has 0 N–H and O–H groups in total. The fourth-order valence-electron chi connectivity index (χ4n) is 2.82. The Kier molecular flexibility index (Phi) is 4.70. The molecule has 0 radical (unpaired) electrons. The Labute approximate surface area is 132 Å². The minimum Gasteiger partial charge on any atom is -0.356 e. The second-order valence-electron chi connectivity index (χ2n) is 6.90. The molecule has 1 aromatic heterocycles. The maximum Gasteiger partial charge on any atom is 0.227 e. The fraction of sp³-hybridized carbons (Fsp3) is 0.588. The van der Waals surface area contributed by atoms with E-state index in [2.05, 4.69) is 16.0 Å². The van der Waals surface area contributed by atoms with Gasteiger partial charge in [-0.2, -0.15) is 5.26 Å². The van der Waals surface area contributed by atoms with Crippen LogP contribution in [0.1, 0.15) is 39.2 Å². The third-order valence-corrected chi connectivity index (χ3v) is 4.18. The third-order valence-electron chi connectivity index (χ3n) is 4.18. The highest BCUT2D eigenvalue weighted by atomic mass is 16.2. The van der Waals surface area contributed by atoms with Crippen LogP contribution >= 0.6 is 0 Å². The SMILES string of the molecule is CN(C(=O)C(C)(C)C)C1CCN(c2ccc(C#N)cn2)CC1. The molecule has 1 aliphatic rings. The van der Waals surface area contributed by atoms with Gasteiger partial charge in [0.1, 0.15) is 11.9 Å². The highest BCUT2D eigenvalue weighted by molar-refractivity contribution is 5.81. The third kappa shape index (κ3) is 3.56. The molecule has 0 bridgehead atoms. The summed E-state index contributed by atoms with van der Waals surface area (Å²) in [5.74, 6) is 1.10. The van der Waals surface area contributed by atoms with Gasteiger partial charge in [0.25, 0.3) is 0 Å². The Bertz CT molecular complexity index is 560. The van der Waals surface area contributed by atoms with Gasteiger partial charge in [-0.25, -0.2) is 4.98 Å². The summed E-state index contributed by atoms with van der Waals surface area (Å²) in [6.45, 7) is 7.64. The molecule has 1 aliphatic heterocycles. The van der Waals surface area contributed by atoms with Crippen LogP contribution < -0.4 is 4.90 Å². The van der Waals surface area contributed by atoms with E-state index >= 15 is 0 Å². The molecule has 0 aliphatic carbocycles. The largest absolute Gasteiger partial charge is 0.356 e. The summed E-state index contributed by atoms with van der Waals surface area (Å²) in [7, 11) is 1.91. The lowest BCUT2D eigenvalue weighted by atomic mass is 9.92. The van der Waals surface area contributed by atoms with Gasteiger partial charge in [0.05, 0.1) is 5.56 Å². The molecule has 1 fully saturated rings. The Morgan fingerprint density at radius 1 is 1.36 bits per heavy atom. The molecule has 22 heavy (non-hydrogen) atoms. The van der Waals surface area contributed by atoms with Crippen LogP contribution in [0, 0.1) is 16.7 Å². The van der Waals surface area contributed by atoms with Gasteiger partial charge < -0.3 is 9.80 Å². The molecule has 2 rings (SSSR count). The second kappa shape index (κ2) is 6.35. The van der Waals surface area contributed by atoms with Crippen LogP contribution in [0.3, 0.4) is 0 Å². The van der Waals surface area contributed by atoms with Crippen molar-refractivity contribution in [1.29, 1.82) is 5.26 Å². The molecule has 2 heterocycles. The van der Waals surface area contributed by atoms with Crippen LogP contribution in [-0.2, 0) is 4.79 Å². The number of anilines is 1. The predicted molar refractivity (Wildman–Crippen MR) is 86.4 cm³/mol. The standard InChI is InChI=1S/C17H24N4O/c1-17(2,3)16(22)20(4)14-7-9-21(10-8-14)15-6-5-13(11-18)12-19-15/h5-6,12,14H,7-10H2,1-4H3. The van der Waals surface area contributed by atoms with Crippen molar-refractivity contribution in [3.8, 4) is 6.07 Å². The Morgan fingerprint density at radius 2 is 2.00 bits per heavy atom. The number of nitrogens with zero attached hydrogens (tertiary/aromatic N) is 4. The van der Waals surface area contributed by atoms with E-state index < -0.39 is 0 Å². The van der Waals surface area contributed by atoms with Crippen LogP contribution in [0.15, 0.2) is 18.3 Å². The molecule has 1 saturated heterocycles. The molecular weight excluding hydrogens is 276 g/mol. The molecule has 0 atom stereocenters. The van der Waals surface area contributed by atoms with Crippen molar-refractivity contribution in [3.05, 3.63) is 23.9 Å². The van der Waals surface area contributed by atoms with E-state index in [4.69, 9.17) is 5.26 Å². The minimum absolute atomic E-state index is 0.197. The van der Waals surface area contributed by atoms with Gasteiger partial charge in [-0.1, -0.05) is 20.8 Å². The number of rotatable bonds is 2. The summed E-state index contributed by atoms with van der Waals surface area (Å²) in [4.78, 5) is 20.8. The molecule has 118 valence electrons. The van der Waals surface area contributed by atoms with Crippen molar-refractivity contribution in [2.75, 3.05) is 25.0 Å². The summed E-state index contributed by atoms with van der Waals surface area (Å²) in [5, 5.41) is 8.81. The van der Waals surface area contributed by atoms with Gasteiger partial charge in [-0.05, 0) is 25.0 Å². The van der Waals surface area contributed by atoms with Crippen molar-refractivity contribution in [2.45, 2.75) is 39.7 Å². The summed E-state index contributed by atoms with van der Waals surface area (Å²) in [6, 6.07) is 6.06. The number of nitriles is 1. The lowest BCUT2D eigenvalue weighted by molar-refractivity contribution is -0.140. The van der Waals surface area contributed by atoms with E-state index in [9.17, 15) is 4.79 Å². The topological polar surface area (TPSA) is 60.2 Å². The van der Waals surface area contributed by atoms with Gasteiger partial charge >= 0.3 is 0 Å². The predicted octanol–water partition coefficient (Wildman–Crippen LogP) is 2.43. The molecule has 1 amide bonds. The van der Waals surface area contributed by atoms with E-state index in [0.29, 0.717) is 11.6 Å². The summed E-state index contributed by atoms with van der Waals surface area (Å²) < 4.78 is 0. The molecule has 5 heteroatoms. The number of carbonyl (C=O) groups is 1. The molecule has 0 aromatic carbocycles. The van der Waals surface area contributed by atoms with E-state index in [-0.39, 0.29) is 11.3 Å². The first-order valence-corrected chi connectivity index (χ1v) is 7.71. The Morgan fingerprint density at radius 3 is 2.45 bits per heavy atom. The molecule has 0 saturated carbocycles. The van der Waals surface area contributed by atoms with E-state index in [1.165, 1.54) is 0 Å². The van der Waals surface area contributed by atoms with Crippen molar-refractivity contribution >= 4 is 11.7 Å². The highest BCUT2D eigenvalue weighted by Crippen LogP contribution is 2.24. The van der Waals surface area contributed by atoms with Crippen LogP contribution in [0.5, 0.6) is 0 Å². The quantitative estimate of drug-likeness (QED) is 0.841. The summed E-state index contributed by atoms with van der Waals surface area (Å²) in [5.41, 5.74) is 0.245. The molecule has 0 unspecified atom stereocenters. The van der Waals surface area contributed by atoms with Crippen LogP contribution in [-0.4, -0.2) is 42.0 Å². The van der Waals surface area contributed by atoms with Crippen molar-refractivity contribution in [1.82, 2.24) is 9.88 Å². The number of pyridine rings is 1. The number of hydrogen-bond donors (Lipinski definition) is 0. The zero-order valence-electron chi connectivity index (χ0n) is 13.8. The lowest BCUT2D eigenvalue weighted by Crippen LogP contribution is -2.48. The van der Waals surface area contributed by atoms with Crippen LogP contribution in [0.25, 0.3) is 0 Å². The zero-order valence-corrected chi connectivity index (χ0v) is 13.8. The first-order chi connectivity index (χ1) is 10.3. The van der Waals surface area contributed by atoms with E-state index in [0.717, 1.165) is 31.7 Å². The van der Waals surface area contributed by atoms with Crippen molar-refractivity contribution in [3.63, 3.8) is 0 Å². The van der Waals surface area contributed by atoms with Crippen LogP contribution in [0.2, 0.25) is 0 Å². The first-order valence-electron chi connectivity index (χ1n) is 7.71. The molecule has 1 aromatic rings. The van der Waals surface area contributed by atoms with Gasteiger partial charge in [-0.15, -0.1) is 0 Å². The van der Waals surface area contributed by atoms with Gasteiger partial charge in [0.15, 0.2) is 0 Å². The normalized spacial score (nSPS) is 16.2. The molecule has 5 nitrogen and oxygen atoms in total. The number of aromatic nitrogens is 1. The first kappa shape index (κ1) is 16.3. The minimum atomic E-state index is -0.333. The van der Waals surface area contributed by atoms with E-state index in [1.807, 2.05) is 38.8 Å². The Hall–Kier alpha value is -2.09. The smallest absolute Gasteiger partial charge is 0.227 e. The number of hydrogen-bond acceptors (Lipinski definition) is 4. The molecule has 0 spiro atoms. The van der Waals surface area contributed by atoms with E-state index in [1.54, 1.807) is 12.3 Å². The number of carbonyl (C=O) groups excluding carboxylic acids is 1.